The summed E-state index contributed by atoms with van der Waals surface area (Å²) in [5, 5.41) is 16.6. The smallest absolute Gasteiger partial charge is 0.0565 e. The first-order valence-corrected chi connectivity index (χ1v) is 4.89. The molecule has 0 aromatic heterocycles. The molecular weight excluding hydrogens is 248 g/mol. The number of hydrogen-bond donors (Lipinski definition) is 2. The molecule has 0 heterocycles. The van der Waals surface area contributed by atoms with Gasteiger partial charge in [-0.3, -0.25) is 0 Å². The quantitative estimate of drug-likeness (QED) is 0.702. The summed E-state index contributed by atoms with van der Waals surface area (Å²) in [6.07, 6.45) is 1.86. The molecule has 0 fully saturated rings. The predicted octanol–water partition coefficient (Wildman–Crippen LogP) is 0.805. The molecule has 0 aliphatic carbocycles. The molecule has 0 aliphatic rings. The summed E-state index contributed by atoms with van der Waals surface area (Å²) in [5.74, 6) is 0. The molecule has 1 radical (unpaired) electrons. The van der Waals surface area contributed by atoms with Gasteiger partial charge in [0.1, 0.15) is 0 Å². The molecule has 2 unspecified atom stereocenters. The van der Waals surface area contributed by atoms with E-state index in [4.69, 9.17) is 19.7 Å². The van der Waals surface area contributed by atoms with Crippen molar-refractivity contribution in [2.75, 3.05) is 27.4 Å². The molecule has 0 saturated heterocycles. The van der Waals surface area contributed by atoms with Crippen LogP contribution in [0.3, 0.4) is 0 Å². The molecule has 0 spiro atoms. The van der Waals surface area contributed by atoms with E-state index in [1.807, 2.05) is 13.8 Å². The molecule has 5 heteroatoms. The van der Waals surface area contributed by atoms with Crippen molar-refractivity contribution in [1.29, 1.82) is 0 Å². The molecule has 0 aromatic carbocycles. The second-order valence-electron chi connectivity index (χ2n) is 3.12. The summed E-state index contributed by atoms with van der Waals surface area (Å²) >= 11 is 0. The minimum atomic E-state index is 0. The zero-order valence-electron chi connectivity index (χ0n) is 10.00. The van der Waals surface area contributed by atoms with Crippen molar-refractivity contribution in [3.63, 3.8) is 0 Å². The van der Waals surface area contributed by atoms with Gasteiger partial charge in [0.25, 0.3) is 0 Å². The summed E-state index contributed by atoms with van der Waals surface area (Å²) in [6.45, 7) is 4.29. The van der Waals surface area contributed by atoms with Crippen LogP contribution in [0.5, 0.6) is 0 Å². The normalized spacial score (nSPS) is 13.2. The Labute approximate surface area is 103 Å². The van der Waals surface area contributed by atoms with E-state index < -0.39 is 0 Å². The summed E-state index contributed by atoms with van der Waals surface area (Å²) in [5.41, 5.74) is 0. The Hall–Kier alpha value is 0.359. The number of aliphatic hydroxyl groups is 2. The van der Waals surface area contributed by atoms with Crippen LogP contribution in [0.2, 0.25) is 0 Å². The van der Waals surface area contributed by atoms with Crippen molar-refractivity contribution in [1.82, 2.24) is 0 Å². The van der Waals surface area contributed by atoms with Gasteiger partial charge in [0.15, 0.2) is 0 Å². The van der Waals surface area contributed by atoms with Gasteiger partial charge in [-0.05, 0) is 26.7 Å². The topological polar surface area (TPSA) is 58.9 Å². The molecule has 99 valence electrons. The average molecular weight is 272 g/mol. The predicted molar refractivity (Wildman–Crippen MR) is 56.3 cm³/mol. The molecule has 2 N–H and O–H groups in total. The SMILES string of the molecule is COC(C)CCO.COC(C)CCO.[Cu]. The standard InChI is InChI=1S/2C5H12O2.Cu/c2*1-5(7-2)3-4-6;/h2*5-6H,3-4H2,1-2H3;. The van der Waals surface area contributed by atoms with E-state index in [-0.39, 0.29) is 42.5 Å². The average Bonchev–Trinajstić information content (AvgIpc) is 2.19. The van der Waals surface area contributed by atoms with Crippen LogP contribution in [-0.2, 0) is 26.5 Å². The first-order chi connectivity index (χ1) is 6.62. The van der Waals surface area contributed by atoms with Gasteiger partial charge in [-0.25, -0.2) is 0 Å². The molecule has 15 heavy (non-hydrogen) atoms. The molecule has 0 aromatic rings. The van der Waals surface area contributed by atoms with Gasteiger partial charge in [0.05, 0.1) is 12.2 Å². The maximum absolute atomic E-state index is 8.29. The Morgan fingerprint density at radius 2 is 1.13 bits per heavy atom. The zero-order chi connectivity index (χ0) is 11.4. The van der Waals surface area contributed by atoms with Crippen molar-refractivity contribution in [3.8, 4) is 0 Å². The number of rotatable bonds is 6. The van der Waals surface area contributed by atoms with Gasteiger partial charge in [-0.1, -0.05) is 0 Å². The molecule has 0 bridgehead atoms. The second kappa shape index (κ2) is 16.8. The molecule has 0 aliphatic heterocycles. The molecule has 0 saturated carbocycles. The van der Waals surface area contributed by atoms with Crippen LogP contribution in [0.4, 0.5) is 0 Å². The van der Waals surface area contributed by atoms with Gasteiger partial charge < -0.3 is 19.7 Å². The van der Waals surface area contributed by atoms with E-state index in [1.54, 1.807) is 14.2 Å². The van der Waals surface area contributed by atoms with Crippen molar-refractivity contribution in [3.05, 3.63) is 0 Å². The van der Waals surface area contributed by atoms with Crippen LogP contribution in [0.15, 0.2) is 0 Å². The number of methoxy groups -OCH3 is 2. The minimum absolute atomic E-state index is 0. The Morgan fingerprint density at radius 1 is 0.867 bits per heavy atom. The molecular formula is C10H24CuO4. The van der Waals surface area contributed by atoms with Crippen LogP contribution in [-0.4, -0.2) is 49.9 Å². The Kier molecular flexibility index (Phi) is 23.2. The zero-order valence-corrected chi connectivity index (χ0v) is 10.9. The largest absolute Gasteiger partial charge is 0.396 e. The molecule has 4 nitrogen and oxygen atoms in total. The minimum Gasteiger partial charge on any atom is -0.396 e. The fourth-order valence-electron chi connectivity index (χ4n) is 0.599. The number of hydrogen-bond acceptors (Lipinski definition) is 4. The third-order valence-corrected chi connectivity index (χ3v) is 1.88. The van der Waals surface area contributed by atoms with Crippen molar-refractivity contribution in [2.24, 2.45) is 0 Å². The molecule has 2 atom stereocenters. The number of ether oxygens (including phenoxy) is 2. The van der Waals surface area contributed by atoms with Gasteiger partial charge in [-0.15, -0.1) is 0 Å². The van der Waals surface area contributed by atoms with E-state index in [2.05, 4.69) is 0 Å². The maximum atomic E-state index is 8.29. The van der Waals surface area contributed by atoms with Crippen LogP contribution < -0.4 is 0 Å². The van der Waals surface area contributed by atoms with E-state index in [9.17, 15) is 0 Å². The Bertz CT molecular complexity index is 91.4. The monoisotopic (exact) mass is 271 g/mol. The van der Waals surface area contributed by atoms with Crippen LogP contribution >= 0.6 is 0 Å². The van der Waals surface area contributed by atoms with Gasteiger partial charge in [-0.2, -0.15) is 0 Å². The fraction of sp³-hybridized carbons (Fsp3) is 1.00. The summed E-state index contributed by atoms with van der Waals surface area (Å²) in [6, 6.07) is 0. The van der Waals surface area contributed by atoms with E-state index in [0.717, 1.165) is 12.8 Å². The third kappa shape index (κ3) is 20.4. The Morgan fingerprint density at radius 3 is 1.20 bits per heavy atom. The summed E-state index contributed by atoms with van der Waals surface area (Å²) in [4.78, 5) is 0. The second-order valence-corrected chi connectivity index (χ2v) is 3.12. The van der Waals surface area contributed by atoms with Crippen LogP contribution in [0, 0.1) is 0 Å². The Balaban J connectivity index is -0.000000180. The number of aliphatic hydroxyl groups excluding tert-OH is 2. The fourth-order valence-corrected chi connectivity index (χ4v) is 0.599. The first-order valence-electron chi connectivity index (χ1n) is 4.89. The van der Waals surface area contributed by atoms with Gasteiger partial charge in [0, 0.05) is 44.5 Å². The van der Waals surface area contributed by atoms with Gasteiger partial charge in [0.2, 0.25) is 0 Å². The maximum Gasteiger partial charge on any atom is 0.0565 e. The molecule has 0 rings (SSSR count). The van der Waals surface area contributed by atoms with Crippen LogP contribution in [0.25, 0.3) is 0 Å². The third-order valence-electron chi connectivity index (χ3n) is 1.88. The van der Waals surface area contributed by atoms with Crippen molar-refractivity contribution in [2.45, 2.75) is 38.9 Å². The summed E-state index contributed by atoms with van der Waals surface area (Å²) < 4.78 is 9.66. The van der Waals surface area contributed by atoms with Crippen molar-refractivity contribution < 1.29 is 36.8 Å². The molecule has 0 amide bonds. The summed E-state index contributed by atoms with van der Waals surface area (Å²) in [7, 11) is 3.28. The van der Waals surface area contributed by atoms with E-state index in [0.29, 0.717) is 0 Å². The van der Waals surface area contributed by atoms with Crippen molar-refractivity contribution >= 4 is 0 Å². The van der Waals surface area contributed by atoms with Crippen LogP contribution in [0.1, 0.15) is 26.7 Å². The first kappa shape index (κ1) is 20.7. The van der Waals surface area contributed by atoms with E-state index >= 15 is 0 Å². The van der Waals surface area contributed by atoms with Gasteiger partial charge >= 0.3 is 0 Å². The van der Waals surface area contributed by atoms with E-state index in [1.165, 1.54) is 0 Å².